The molecule has 1 unspecified atom stereocenters. The van der Waals surface area contributed by atoms with Crippen molar-refractivity contribution in [3.8, 4) is 0 Å². The normalized spacial score (nSPS) is 31.6. The Morgan fingerprint density at radius 3 is 2.71 bits per heavy atom. The van der Waals surface area contributed by atoms with E-state index in [-0.39, 0.29) is 5.78 Å². The Morgan fingerprint density at radius 2 is 2.57 bits per heavy atom. The molecular formula is C4H5ClO2. The van der Waals surface area contributed by atoms with E-state index in [0.717, 1.165) is 0 Å². The maximum absolute atomic E-state index is 10.3. The molecule has 3 heteroatoms. The fraction of sp³-hybridized carbons (Fsp3) is 0.750. The summed E-state index contributed by atoms with van der Waals surface area (Å²) in [6.45, 7) is 0.493. The highest BCUT2D eigenvalue weighted by molar-refractivity contribution is 6.30. The summed E-state index contributed by atoms with van der Waals surface area (Å²) in [4.78, 5) is 10.3. The molecule has 7 heavy (non-hydrogen) atoms. The van der Waals surface area contributed by atoms with E-state index in [1.165, 1.54) is 0 Å². The number of hydrogen-bond donors (Lipinski definition) is 0. The average molecular weight is 121 g/mol. The predicted molar refractivity (Wildman–Crippen MR) is 25.2 cm³/mol. The van der Waals surface area contributed by atoms with E-state index in [9.17, 15) is 4.79 Å². The lowest BCUT2D eigenvalue weighted by molar-refractivity contribution is -0.119. The van der Waals surface area contributed by atoms with Crippen LogP contribution in [-0.2, 0) is 9.53 Å². The topological polar surface area (TPSA) is 26.3 Å². The SMILES string of the molecule is O=C1CCOC1Cl. The van der Waals surface area contributed by atoms with Gasteiger partial charge in [0.15, 0.2) is 11.3 Å². The molecule has 0 aromatic carbocycles. The molecule has 0 radical (unpaired) electrons. The zero-order chi connectivity index (χ0) is 5.28. The van der Waals surface area contributed by atoms with Crippen molar-refractivity contribution < 1.29 is 9.53 Å². The molecule has 0 saturated carbocycles. The molecule has 1 saturated heterocycles. The van der Waals surface area contributed by atoms with E-state index in [1.54, 1.807) is 0 Å². The lowest BCUT2D eigenvalue weighted by Gasteiger charge is -1.90. The van der Waals surface area contributed by atoms with Crippen molar-refractivity contribution in [3.63, 3.8) is 0 Å². The molecule has 40 valence electrons. The predicted octanol–water partition coefficient (Wildman–Crippen LogP) is 0.541. The first-order chi connectivity index (χ1) is 3.30. The van der Waals surface area contributed by atoms with Gasteiger partial charge in [-0.15, -0.1) is 0 Å². The first kappa shape index (κ1) is 5.06. The minimum atomic E-state index is -0.653. The number of hydrogen-bond acceptors (Lipinski definition) is 2. The molecule has 0 N–H and O–H groups in total. The first-order valence-corrected chi connectivity index (χ1v) is 2.53. The number of ether oxygens (including phenoxy) is 1. The van der Waals surface area contributed by atoms with Crippen LogP contribution in [-0.4, -0.2) is 18.0 Å². The maximum atomic E-state index is 10.3. The quantitative estimate of drug-likeness (QED) is 0.436. The minimum Gasteiger partial charge on any atom is -0.355 e. The van der Waals surface area contributed by atoms with Gasteiger partial charge in [0.05, 0.1) is 6.61 Å². The number of carbonyl (C=O) groups is 1. The van der Waals surface area contributed by atoms with Crippen LogP contribution in [0.3, 0.4) is 0 Å². The van der Waals surface area contributed by atoms with Gasteiger partial charge in [-0.3, -0.25) is 4.79 Å². The summed E-state index contributed by atoms with van der Waals surface area (Å²) in [5.74, 6) is 0.00154. The average Bonchev–Trinajstić information content (AvgIpc) is 1.91. The summed E-state index contributed by atoms with van der Waals surface area (Å²) in [6.07, 6.45) is 0.480. The Hall–Kier alpha value is -0.0800. The fourth-order valence-corrected chi connectivity index (χ4v) is 0.668. The lowest BCUT2D eigenvalue weighted by Crippen LogP contribution is -2.04. The van der Waals surface area contributed by atoms with Crippen molar-refractivity contribution in [2.75, 3.05) is 6.61 Å². The van der Waals surface area contributed by atoms with Crippen LogP contribution in [0, 0.1) is 0 Å². The molecular weight excluding hydrogens is 115 g/mol. The fourth-order valence-electron chi connectivity index (χ4n) is 0.469. The smallest absolute Gasteiger partial charge is 0.189 e. The molecule has 0 amide bonds. The van der Waals surface area contributed by atoms with E-state index in [1.807, 2.05) is 0 Å². The van der Waals surface area contributed by atoms with Gasteiger partial charge in [-0.1, -0.05) is 11.6 Å². The molecule has 1 heterocycles. The Kier molecular flexibility index (Phi) is 1.30. The number of alkyl halides is 1. The first-order valence-electron chi connectivity index (χ1n) is 2.09. The summed E-state index contributed by atoms with van der Waals surface area (Å²) in [7, 11) is 0. The number of halogens is 1. The van der Waals surface area contributed by atoms with Crippen molar-refractivity contribution in [2.24, 2.45) is 0 Å². The highest BCUT2D eigenvalue weighted by Gasteiger charge is 2.21. The second kappa shape index (κ2) is 1.80. The molecule has 0 aromatic heterocycles. The van der Waals surface area contributed by atoms with Gasteiger partial charge >= 0.3 is 0 Å². The van der Waals surface area contributed by atoms with Crippen LogP contribution in [0.15, 0.2) is 0 Å². The van der Waals surface area contributed by atoms with Crippen LogP contribution in [0.1, 0.15) is 6.42 Å². The largest absolute Gasteiger partial charge is 0.355 e. The lowest BCUT2D eigenvalue weighted by atomic mass is 10.4. The number of carbonyl (C=O) groups excluding carboxylic acids is 1. The molecule has 1 aliphatic heterocycles. The molecule has 1 rings (SSSR count). The number of ketones is 1. The van der Waals surface area contributed by atoms with Gasteiger partial charge in [0.2, 0.25) is 0 Å². The van der Waals surface area contributed by atoms with Gasteiger partial charge in [0.25, 0.3) is 0 Å². The maximum Gasteiger partial charge on any atom is 0.189 e. The van der Waals surface area contributed by atoms with E-state index >= 15 is 0 Å². The monoisotopic (exact) mass is 120 g/mol. The van der Waals surface area contributed by atoms with Crippen molar-refractivity contribution in [3.05, 3.63) is 0 Å². The Morgan fingerprint density at radius 1 is 1.86 bits per heavy atom. The van der Waals surface area contributed by atoms with Gasteiger partial charge < -0.3 is 4.74 Å². The van der Waals surface area contributed by atoms with E-state index in [2.05, 4.69) is 4.74 Å². The zero-order valence-electron chi connectivity index (χ0n) is 3.69. The molecule has 0 aromatic rings. The van der Waals surface area contributed by atoms with Crippen molar-refractivity contribution >= 4 is 17.4 Å². The van der Waals surface area contributed by atoms with Gasteiger partial charge in [-0.25, -0.2) is 0 Å². The van der Waals surface area contributed by atoms with Crippen LogP contribution in [0.25, 0.3) is 0 Å². The summed E-state index contributed by atoms with van der Waals surface area (Å²) >= 11 is 5.29. The summed E-state index contributed by atoms with van der Waals surface area (Å²) in [6, 6.07) is 0. The van der Waals surface area contributed by atoms with Crippen LogP contribution < -0.4 is 0 Å². The Bertz CT molecular complexity index is 91.7. The molecule has 0 spiro atoms. The van der Waals surface area contributed by atoms with Gasteiger partial charge in [0, 0.05) is 6.42 Å². The molecule has 0 aliphatic carbocycles. The highest BCUT2D eigenvalue weighted by atomic mass is 35.5. The second-order valence-electron chi connectivity index (χ2n) is 1.40. The van der Waals surface area contributed by atoms with Gasteiger partial charge in [-0.05, 0) is 0 Å². The van der Waals surface area contributed by atoms with E-state index < -0.39 is 5.56 Å². The second-order valence-corrected chi connectivity index (χ2v) is 1.80. The van der Waals surface area contributed by atoms with Gasteiger partial charge in [0.1, 0.15) is 0 Å². The molecule has 1 atom stereocenters. The van der Waals surface area contributed by atoms with Crippen molar-refractivity contribution in [2.45, 2.75) is 12.0 Å². The minimum absolute atomic E-state index is 0.00154. The Labute approximate surface area is 46.4 Å². The van der Waals surface area contributed by atoms with Crippen LogP contribution in [0.2, 0.25) is 0 Å². The third kappa shape index (κ3) is 0.924. The number of rotatable bonds is 0. The zero-order valence-corrected chi connectivity index (χ0v) is 4.44. The van der Waals surface area contributed by atoms with E-state index in [0.29, 0.717) is 13.0 Å². The molecule has 1 aliphatic rings. The standard InChI is InChI=1S/C4H5ClO2/c5-4-3(6)1-2-7-4/h4H,1-2H2. The van der Waals surface area contributed by atoms with Crippen LogP contribution >= 0.6 is 11.6 Å². The molecule has 2 nitrogen and oxygen atoms in total. The third-order valence-corrected chi connectivity index (χ3v) is 1.24. The van der Waals surface area contributed by atoms with Crippen LogP contribution in [0.4, 0.5) is 0 Å². The Balaban J connectivity index is 2.48. The third-order valence-electron chi connectivity index (χ3n) is 0.866. The van der Waals surface area contributed by atoms with Crippen molar-refractivity contribution in [1.29, 1.82) is 0 Å². The molecule has 0 bridgehead atoms. The summed E-state index contributed by atoms with van der Waals surface area (Å²) in [5.41, 5.74) is -0.653. The van der Waals surface area contributed by atoms with Crippen molar-refractivity contribution in [1.82, 2.24) is 0 Å². The summed E-state index contributed by atoms with van der Waals surface area (Å²) in [5, 5.41) is 0. The molecule has 1 fully saturated rings. The number of Topliss-reactive ketones (excluding diaryl/α,β-unsaturated/α-hetero) is 1. The highest BCUT2D eigenvalue weighted by Crippen LogP contribution is 2.10. The van der Waals surface area contributed by atoms with Crippen LogP contribution in [0.5, 0.6) is 0 Å². The summed E-state index contributed by atoms with van der Waals surface area (Å²) < 4.78 is 4.68. The van der Waals surface area contributed by atoms with E-state index in [4.69, 9.17) is 11.6 Å². The van der Waals surface area contributed by atoms with Gasteiger partial charge in [-0.2, -0.15) is 0 Å².